The first-order chi connectivity index (χ1) is 10.5. The van der Waals surface area contributed by atoms with Gasteiger partial charge in [-0.15, -0.1) is 0 Å². The maximum absolute atomic E-state index is 11.8. The molecule has 2 rings (SSSR count). The van der Waals surface area contributed by atoms with E-state index in [9.17, 15) is 14.4 Å². The second-order valence-electron chi connectivity index (χ2n) is 5.01. The van der Waals surface area contributed by atoms with Gasteiger partial charge in [0.15, 0.2) is 0 Å². The molecule has 22 heavy (non-hydrogen) atoms. The third-order valence-corrected chi connectivity index (χ3v) is 3.43. The maximum Gasteiger partial charge on any atom is 0.325 e. The summed E-state index contributed by atoms with van der Waals surface area (Å²) in [6, 6.07) is 6.44. The topological polar surface area (TPSA) is 87.7 Å². The fourth-order valence-electron chi connectivity index (χ4n) is 2.25. The summed E-state index contributed by atoms with van der Waals surface area (Å²) in [6.45, 7) is 1.72. The molecule has 1 aliphatic rings. The highest BCUT2D eigenvalue weighted by molar-refractivity contribution is 6.06. The molecule has 118 valence electrons. The Hall–Kier alpha value is -2.57. The van der Waals surface area contributed by atoms with Crippen LogP contribution in [-0.2, 0) is 16.0 Å². The number of urea groups is 1. The molecule has 1 aliphatic heterocycles. The van der Waals surface area contributed by atoms with Crippen molar-refractivity contribution in [3.05, 3.63) is 29.8 Å². The molecule has 7 heteroatoms. The fraction of sp³-hybridized carbons (Fsp3) is 0.400. The van der Waals surface area contributed by atoms with Crippen molar-refractivity contribution < 1.29 is 19.1 Å². The van der Waals surface area contributed by atoms with Crippen molar-refractivity contribution in [3.8, 4) is 5.75 Å². The number of nitrogens with zero attached hydrogens (tertiary/aromatic N) is 1. The highest BCUT2D eigenvalue weighted by Crippen LogP contribution is 2.17. The molecule has 1 aromatic carbocycles. The lowest BCUT2D eigenvalue weighted by atomic mass is 10.1. The highest BCUT2D eigenvalue weighted by atomic mass is 16.5. The van der Waals surface area contributed by atoms with Crippen LogP contribution in [0, 0.1) is 0 Å². The summed E-state index contributed by atoms with van der Waals surface area (Å²) in [5.41, 5.74) is 0.980. The number of carbonyl (C=O) groups is 3. The third kappa shape index (κ3) is 3.55. The van der Waals surface area contributed by atoms with Gasteiger partial charge >= 0.3 is 6.03 Å². The largest absolute Gasteiger partial charge is 0.496 e. The Kier molecular flexibility index (Phi) is 4.98. The SMILES string of the molecule is COc1ccccc1CCNC(=O)CN1C(=O)N[C@@H](C)C1=O. The number of hydrogen-bond donors (Lipinski definition) is 2. The van der Waals surface area contributed by atoms with Crippen LogP contribution in [-0.4, -0.2) is 49.0 Å². The van der Waals surface area contributed by atoms with Crippen LogP contribution in [0.3, 0.4) is 0 Å². The van der Waals surface area contributed by atoms with Crippen molar-refractivity contribution in [2.24, 2.45) is 0 Å². The smallest absolute Gasteiger partial charge is 0.325 e. The van der Waals surface area contributed by atoms with Gasteiger partial charge < -0.3 is 15.4 Å². The Morgan fingerprint density at radius 3 is 2.73 bits per heavy atom. The quantitative estimate of drug-likeness (QED) is 0.740. The zero-order chi connectivity index (χ0) is 16.1. The van der Waals surface area contributed by atoms with Crippen LogP contribution in [0.1, 0.15) is 12.5 Å². The van der Waals surface area contributed by atoms with E-state index < -0.39 is 12.1 Å². The van der Waals surface area contributed by atoms with Crippen molar-refractivity contribution in [1.82, 2.24) is 15.5 Å². The maximum atomic E-state index is 11.8. The lowest BCUT2D eigenvalue weighted by molar-refractivity contribution is -0.131. The molecule has 2 N–H and O–H groups in total. The summed E-state index contributed by atoms with van der Waals surface area (Å²) >= 11 is 0. The van der Waals surface area contributed by atoms with Gasteiger partial charge in [0.25, 0.3) is 5.91 Å². The van der Waals surface area contributed by atoms with Crippen LogP contribution in [0.25, 0.3) is 0 Å². The number of carbonyl (C=O) groups excluding carboxylic acids is 3. The van der Waals surface area contributed by atoms with Gasteiger partial charge in [0.2, 0.25) is 5.91 Å². The van der Waals surface area contributed by atoms with Gasteiger partial charge in [-0.3, -0.25) is 14.5 Å². The molecular formula is C15H19N3O4. The standard InChI is InChI=1S/C15H19N3O4/c1-10-14(20)18(15(21)17-10)9-13(19)16-8-7-11-5-3-4-6-12(11)22-2/h3-6,10H,7-9H2,1-2H3,(H,16,19)(H,17,21)/t10-/m0/s1. The monoisotopic (exact) mass is 305 g/mol. The number of para-hydroxylation sites is 1. The molecule has 0 aromatic heterocycles. The second-order valence-corrected chi connectivity index (χ2v) is 5.01. The van der Waals surface area contributed by atoms with Gasteiger partial charge in [-0.05, 0) is 25.0 Å². The summed E-state index contributed by atoms with van der Waals surface area (Å²) in [5.74, 6) is 0.0112. The highest BCUT2D eigenvalue weighted by Gasteiger charge is 2.35. The van der Waals surface area contributed by atoms with E-state index in [-0.39, 0.29) is 18.4 Å². The van der Waals surface area contributed by atoms with Crippen LogP contribution in [0.15, 0.2) is 24.3 Å². The molecule has 0 saturated carbocycles. The molecule has 4 amide bonds. The fourth-order valence-corrected chi connectivity index (χ4v) is 2.25. The van der Waals surface area contributed by atoms with E-state index in [0.717, 1.165) is 16.2 Å². The molecule has 1 heterocycles. The van der Waals surface area contributed by atoms with E-state index >= 15 is 0 Å². The normalized spacial score (nSPS) is 17.4. The summed E-state index contributed by atoms with van der Waals surface area (Å²) in [6.07, 6.45) is 0.603. The molecule has 1 atom stereocenters. The first kappa shape index (κ1) is 15.8. The number of amides is 4. The van der Waals surface area contributed by atoms with Gasteiger partial charge in [-0.2, -0.15) is 0 Å². The molecule has 0 radical (unpaired) electrons. The van der Waals surface area contributed by atoms with Gasteiger partial charge in [0.1, 0.15) is 18.3 Å². The van der Waals surface area contributed by atoms with E-state index in [0.29, 0.717) is 13.0 Å². The zero-order valence-electron chi connectivity index (χ0n) is 12.6. The third-order valence-electron chi connectivity index (χ3n) is 3.43. The first-order valence-corrected chi connectivity index (χ1v) is 7.03. The van der Waals surface area contributed by atoms with Crippen LogP contribution in [0.2, 0.25) is 0 Å². The number of hydrogen-bond acceptors (Lipinski definition) is 4. The minimum atomic E-state index is -0.575. The lowest BCUT2D eigenvalue weighted by Gasteiger charge is -2.13. The van der Waals surface area contributed by atoms with Crippen LogP contribution < -0.4 is 15.4 Å². The van der Waals surface area contributed by atoms with Crippen molar-refractivity contribution in [1.29, 1.82) is 0 Å². The van der Waals surface area contributed by atoms with Crippen molar-refractivity contribution in [2.45, 2.75) is 19.4 Å². The Labute approximate surface area is 128 Å². The molecule has 0 spiro atoms. The second kappa shape index (κ2) is 6.93. The molecule has 1 saturated heterocycles. The van der Waals surface area contributed by atoms with Gasteiger partial charge in [-0.25, -0.2) is 4.79 Å². The van der Waals surface area contributed by atoms with E-state index in [1.165, 1.54) is 0 Å². The predicted octanol–water partition coefficient (Wildman–Crippen LogP) is 0.294. The number of methoxy groups -OCH3 is 1. The predicted molar refractivity (Wildman–Crippen MR) is 79.4 cm³/mol. The minimum absolute atomic E-state index is 0.263. The van der Waals surface area contributed by atoms with Gasteiger partial charge in [-0.1, -0.05) is 18.2 Å². The average Bonchev–Trinajstić information content (AvgIpc) is 2.74. The van der Waals surface area contributed by atoms with Crippen molar-refractivity contribution in [2.75, 3.05) is 20.2 Å². The molecule has 0 unspecified atom stereocenters. The van der Waals surface area contributed by atoms with Crippen molar-refractivity contribution >= 4 is 17.8 Å². The summed E-state index contributed by atoms with van der Waals surface area (Å²) in [7, 11) is 1.59. The van der Waals surface area contributed by atoms with Crippen LogP contribution in [0.4, 0.5) is 4.79 Å². The average molecular weight is 305 g/mol. The summed E-state index contributed by atoms with van der Waals surface area (Å²) in [5, 5.41) is 5.16. The molecule has 1 fully saturated rings. The summed E-state index contributed by atoms with van der Waals surface area (Å²) in [4.78, 5) is 35.9. The van der Waals surface area contributed by atoms with E-state index in [1.54, 1.807) is 14.0 Å². The number of imide groups is 1. The van der Waals surface area contributed by atoms with E-state index in [1.807, 2.05) is 24.3 Å². The van der Waals surface area contributed by atoms with E-state index in [2.05, 4.69) is 10.6 Å². The van der Waals surface area contributed by atoms with Crippen LogP contribution in [0.5, 0.6) is 5.75 Å². The van der Waals surface area contributed by atoms with Gasteiger partial charge in [0.05, 0.1) is 7.11 Å². The van der Waals surface area contributed by atoms with Gasteiger partial charge in [0, 0.05) is 6.54 Å². The summed E-state index contributed by atoms with van der Waals surface area (Å²) < 4.78 is 5.23. The lowest BCUT2D eigenvalue weighted by Crippen LogP contribution is -2.41. The first-order valence-electron chi connectivity index (χ1n) is 7.03. The number of rotatable bonds is 6. The Bertz CT molecular complexity index is 588. The minimum Gasteiger partial charge on any atom is -0.496 e. The van der Waals surface area contributed by atoms with E-state index in [4.69, 9.17) is 4.74 Å². The molecular weight excluding hydrogens is 286 g/mol. The Balaban J connectivity index is 1.81. The Morgan fingerprint density at radius 2 is 2.09 bits per heavy atom. The molecule has 0 aliphatic carbocycles. The Morgan fingerprint density at radius 1 is 1.36 bits per heavy atom. The van der Waals surface area contributed by atoms with Crippen molar-refractivity contribution in [3.63, 3.8) is 0 Å². The molecule has 7 nitrogen and oxygen atoms in total. The zero-order valence-corrected chi connectivity index (χ0v) is 12.6. The number of benzene rings is 1. The number of nitrogens with one attached hydrogen (secondary N) is 2. The number of ether oxygens (including phenoxy) is 1. The van der Waals surface area contributed by atoms with Crippen LogP contribution >= 0.6 is 0 Å². The molecule has 1 aromatic rings. The molecule has 0 bridgehead atoms.